The first-order valence-corrected chi connectivity index (χ1v) is 5.05. The molecule has 0 fully saturated rings. The number of carbonyl (C=O) groups is 1. The van der Waals surface area contributed by atoms with Crippen LogP contribution in [0.2, 0.25) is 0 Å². The molecule has 6 nitrogen and oxygen atoms in total. The van der Waals surface area contributed by atoms with Crippen molar-refractivity contribution in [2.75, 3.05) is 5.75 Å². The van der Waals surface area contributed by atoms with Gasteiger partial charge in [0.2, 0.25) is 11.8 Å². The highest BCUT2D eigenvalue weighted by molar-refractivity contribution is 7.99. The van der Waals surface area contributed by atoms with E-state index in [1.54, 1.807) is 13.8 Å². The second kappa shape index (κ2) is 4.97. The monoisotopic (exact) mass is 216 g/mol. The van der Waals surface area contributed by atoms with Crippen molar-refractivity contribution in [2.45, 2.75) is 19.1 Å². The SMILES string of the molecule is Cc1nnc(SCC(C)C(=O)NN)o1. The maximum absolute atomic E-state index is 11.0. The van der Waals surface area contributed by atoms with Gasteiger partial charge in [-0.1, -0.05) is 18.7 Å². The van der Waals surface area contributed by atoms with Crippen LogP contribution in [-0.2, 0) is 4.79 Å². The summed E-state index contributed by atoms with van der Waals surface area (Å²) in [5.74, 6) is 5.68. The van der Waals surface area contributed by atoms with Gasteiger partial charge in [0.25, 0.3) is 5.22 Å². The Morgan fingerprint density at radius 3 is 2.93 bits per heavy atom. The molecule has 0 spiro atoms. The quantitative estimate of drug-likeness (QED) is 0.321. The molecule has 14 heavy (non-hydrogen) atoms. The number of carbonyl (C=O) groups excluding carboxylic acids is 1. The maximum Gasteiger partial charge on any atom is 0.276 e. The Hall–Kier alpha value is -1.08. The van der Waals surface area contributed by atoms with Crippen molar-refractivity contribution in [1.82, 2.24) is 15.6 Å². The van der Waals surface area contributed by atoms with Crippen molar-refractivity contribution in [3.8, 4) is 0 Å². The molecule has 7 heteroatoms. The summed E-state index contributed by atoms with van der Waals surface area (Å²) in [5, 5.41) is 7.92. The lowest BCUT2D eigenvalue weighted by Crippen LogP contribution is -2.35. The number of hydrogen-bond acceptors (Lipinski definition) is 6. The Morgan fingerprint density at radius 1 is 1.71 bits per heavy atom. The van der Waals surface area contributed by atoms with Gasteiger partial charge in [-0.3, -0.25) is 10.2 Å². The molecule has 0 aromatic carbocycles. The van der Waals surface area contributed by atoms with Gasteiger partial charge in [0.1, 0.15) is 0 Å². The van der Waals surface area contributed by atoms with Crippen LogP contribution in [0.15, 0.2) is 9.64 Å². The van der Waals surface area contributed by atoms with E-state index in [-0.39, 0.29) is 11.8 Å². The Balaban J connectivity index is 2.37. The summed E-state index contributed by atoms with van der Waals surface area (Å²) in [6.07, 6.45) is 0. The van der Waals surface area contributed by atoms with E-state index in [1.807, 2.05) is 0 Å². The zero-order valence-corrected chi connectivity index (χ0v) is 8.80. The minimum atomic E-state index is -0.200. The third-order valence-electron chi connectivity index (χ3n) is 1.55. The highest BCUT2D eigenvalue weighted by Gasteiger charge is 2.13. The number of rotatable bonds is 4. The molecule has 1 aromatic rings. The van der Waals surface area contributed by atoms with Crippen molar-refractivity contribution < 1.29 is 9.21 Å². The van der Waals surface area contributed by atoms with Gasteiger partial charge >= 0.3 is 0 Å². The van der Waals surface area contributed by atoms with Crippen LogP contribution in [-0.4, -0.2) is 21.9 Å². The number of hydrogen-bond donors (Lipinski definition) is 2. The summed E-state index contributed by atoms with van der Waals surface area (Å²) >= 11 is 1.34. The van der Waals surface area contributed by atoms with Crippen molar-refractivity contribution in [3.05, 3.63) is 5.89 Å². The molecule has 1 rings (SSSR count). The van der Waals surface area contributed by atoms with Crippen LogP contribution in [0.4, 0.5) is 0 Å². The van der Waals surface area contributed by atoms with Gasteiger partial charge in [-0.25, -0.2) is 5.84 Å². The number of aromatic nitrogens is 2. The van der Waals surface area contributed by atoms with Crippen LogP contribution in [0.5, 0.6) is 0 Å². The Labute approximate surface area is 85.6 Å². The van der Waals surface area contributed by atoms with Crippen molar-refractivity contribution in [3.63, 3.8) is 0 Å². The average Bonchev–Trinajstić information content (AvgIpc) is 2.59. The Bertz CT molecular complexity index is 314. The van der Waals surface area contributed by atoms with Crippen molar-refractivity contribution in [1.29, 1.82) is 0 Å². The summed E-state index contributed by atoms with van der Waals surface area (Å²) in [4.78, 5) is 11.0. The molecule has 0 aliphatic heterocycles. The molecule has 0 bridgehead atoms. The van der Waals surface area contributed by atoms with Crippen LogP contribution < -0.4 is 11.3 Å². The van der Waals surface area contributed by atoms with Gasteiger partial charge < -0.3 is 4.42 Å². The number of nitrogens with zero attached hydrogens (tertiary/aromatic N) is 2. The standard InChI is InChI=1S/C7H12N4O2S/c1-4(6(12)9-8)3-14-7-11-10-5(2)13-7/h4H,3,8H2,1-2H3,(H,9,12). The topological polar surface area (TPSA) is 94.0 Å². The molecule has 0 saturated carbocycles. The molecule has 0 saturated heterocycles. The molecule has 0 aliphatic carbocycles. The van der Waals surface area contributed by atoms with Gasteiger partial charge in [-0.05, 0) is 0 Å². The van der Waals surface area contributed by atoms with Gasteiger partial charge in [0.05, 0.1) is 0 Å². The van der Waals surface area contributed by atoms with Gasteiger partial charge in [-0.2, -0.15) is 0 Å². The fourth-order valence-corrected chi connectivity index (χ4v) is 1.57. The molecule has 1 amide bonds. The Morgan fingerprint density at radius 2 is 2.43 bits per heavy atom. The van der Waals surface area contributed by atoms with E-state index in [4.69, 9.17) is 10.3 Å². The lowest BCUT2D eigenvalue weighted by molar-refractivity contribution is -0.123. The molecule has 78 valence electrons. The molecule has 1 heterocycles. The normalized spacial score (nSPS) is 12.5. The van der Waals surface area contributed by atoms with Crippen LogP contribution in [0, 0.1) is 12.8 Å². The molecule has 1 atom stereocenters. The number of nitrogens with one attached hydrogen (secondary N) is 1. The molecule has 1 unspecified atom stereocenters. The third kappa shape index (κ3) is 3.00. The summed E-state index contributed by atoms with van der Waals surface area (Å²) in [6.45, 7) is 3.49. The minimum absolute atomic E-state index is 0.183. The lowest BCUT2D eigenvalue weighted by Gasteiger charge is -2.06. The summed E-state index contributed by atoms with van der Waals surface area (Å²) in [6, 6.07) is 0. The van der Waals surface area contributed by atoms with E-state index in [1.165, 1.54) is 11.8 Å². The highest BCUT2D eigenvalue weighted by atomic mass is 32.2. The summed E-state index contributed by atoms with van der Waals surface area (Å²) < 4.78 is 5.13. The summed E-state index contributed by atoms with van der Waals surface area (Å²) in [7, 11) is 0. The molecule has 0 radical (unpaired) electrons. The number of thioether (sulfide) groups is 1. The number of amides is 1. The Kier molecular flexibility index (Phi) is 3.90. The van der Waals surface area contributed by atoms with E-state index in [2.05, 4.69) is 15.6 Å². The molecule has 1 aromatic heterocycles. The summed E-state index contributed by atoms with van der Waals surface area (Å²) in [5.41, 5.74) is 2.09. The van der Waals surface area contributed by atoms with E-state index >= 15 is 0 Å². The lowest BCUT2D eigenvalue weighted by atomic mass is 10.2. The first-order chi connectivity index (χ1) is 6.63. The highest BCUT2D eigenvalue weighted by Crippen LogP contribution is 2.18. The fourth-order valence-electron chi connectivity index (χ4n) is 0.751. The number of aryl methyl sites for hydroxylation is 1. The first-order valence-electron chi connectivity index (χ1n) is 4.07. The van der Waals surface area contributed by atoms with E-state index in [9.17, 15) is 4.79 Å². The predicted molar refractivity (Wildman–Crippen MR) is 51.3 cm³/mol. The van der Waals surface area contributed by atoms with E-state index < -0.39 is 0 Å². The molecular weight excluding hydrogens is 204 g/mol. The first kappa shape index (κ1) is 11.0. The maximum atomic E-state index is 11.0. The third-order valence-corrected chi connectivity index (χ3v) is 2.63. The largest absolute Gasteiger partial charge is 0.416 e. The molecule has 0 aliphatic rings. The minimum Gasteiger partial charge on any atom is -0.416 e. The van der Waals surface area contributed by atoms with Crippen LogP contribution >= 0.6 is 11.8 Å². The average molecular weight is 216 g/mol. The van der Waals surface area contributed by atoms with E-state index in [0.29, 0.717) is 16.9 Å². The molecular formula is C7H12N4O2S. The van der Waals surface area contributed by atoms with Gasteiger partial charge in [0.15, 0.2) is 0 Å². The number of nitrogens with two attached hydrogens (primary N) is 1. The van der Waals surface area contributed by atoms with Crippen molar-refractivity contribution in [2.24, 2.45) is 11.8 Å². The second-order valence-electron chi connectivity index (χ2n) is 2.81. The van der Waals surface area contributed by atoms with Crippen LogP contribution in [0.25, 0.3) is 0 Å². The fraction of sp³-hybridized carbons (Fsp3) is 0.571. The predicted octanol–water partition coefficient (Wildman–Crippen LogP) is 0.0961. The second-order valence-corrected chi connectivity index (χ2v) is 3.78. The van der Waals surface area contributed by atoms with E-state index in [0.717, 1.165) is 0 Å². The van der Waals surface area contributed by atoms with Crippen LogP contribution in [0.1, 0.15) is 12.8 Å². The smallest absolute Gasteiger partial charge is 0.276 e. The van der Waals surface area contributed by atoms with Crippen LogP contribution in [0.3, 0.4) is 0 Å². The number of hydrazine groups is 1. The zero-order chi connectivity index (χ0) is 10.6. The zero-order valence-electron chi connectivity index (χ0n) is 7.98. The van der Waals surface area contributed by atoms with Gasteiger partial charge in [-0.15, -0.1) is 10.2 Å². The molecule has 3 N–H and O–H groups in total. The van der Waals surface area contributed by atoms with Gasteiger partial charge in [0, 0.05) is 18.6 Å². The van der Waals surface area contributed by atoms with Crippen molar-refractivity contribution >= 4 is 17.7 Å².